The van der Waals surface area contributed by atoms with Crippen LogP contribution in [0.5, 0.6) is 0 Å². The van der Waals surface area contributed by atoms with Crippen molar-refractivity contribution >= 4 is 16.9 Å². The van der Waals surface area contributed by atoms with Crippen LogP contribution in [-0.4, -0.2) is 22.9 Å². The number of methoxy groups -OCH3 is 1. The van der Waals surface area contributed by atoms with Gasteiger partial charge in [0.15, 0.2) is 5.69 Å². The Morgan fingerprint density at radius 3 is 2.86 bits per heavy atom. The first-order valence-corrected chi connectivity index (χ1v) is 7.43. The van der Waals surface area contributed by atoms with Gasteiger partial charge in [0, 0.05) is 18.0 Å². The van der Waals surface area contributed by atoms with Crippen molar-refractivity contribution in [2.45, 2.75) is 38.6 Å². The highest BCUT2D eigenvalue weighted by atomic mass is 19.1. The normalized spacial score (nSPS) is 16.3. The number of ether oxygens (including phenoxy) is 1. The monoisotopic (exact) mass is 290 g/mol. The third-order valence-corrected chi connectivity index (χ3v) is 4.24. The minimum atomic E-state index is -0.417. The van der Waals surface area contributed by atoms with Crippen molar-refractivity contribution in [1.82, 2.24) is 9.78 Å². The number of rotatable bonds is 3. The van der Waals surface area contributed by atoms with Crippen molar-refractivity contribution < 1.29 is 13.9 Å². The lowest BCUT2D eigenvalue weighted by atomic mass is 9.89. The molecule has 0 bridgehead atoms. The molecule has 0 aliphatic heterocycles. The van der Waals surface area contributed by atoms with Crippen molar-refractivity contribution in [3.63, 3.8) is 0 Å². The van der Waals surface area contributed by atoms with Gasteiger partial charge in [-0.25, -0.2) is 9.18 Å². The van der Waals surface area contributed by atoms with Crippen molar-refractivity contribution in [1.29, 1.82) is 0 Å². The van der Waals surface area contributed by atoms with Gasteiger partial charge in [-0.2, -0.15) is 5.10 Å². The van der Waals surface area contributed by atoms with Crippen molar-refractivity contribution in [3.05, 3.63) is 29.7 Å². The molecule has 0 amide bonds. The van der Waals surface area contributed by atoms with Crippen LogP contribution >= 0.6 is 0 Å². The molecule has 0 atom stereocenters. The molecule has 1 heterocycles. The smallest absolute Gasteiger partial charge is 0.356 e. The Balaban J connectivity index is 2.00. The van der Waals surface area contributed by atoms with E-state index in [0.29, 0.717) is 29.1 Å². The van der Waals surface area contributed by atoms with E-state index in [1.807, 2.05) is 0 Å². The third kappa shape index (κ3) is 2.77. The zero-order chi connectivity index (χ0) is 14.8. The summed E-state index contributed by atoms with van der Waals surface area (Å²) in [5, 5.41) is 5.06. The molecule has 0 saturated heterocycles. The first-order chi connectivity index (χ1) is 10.2. The Bertz CT molecular complexity index is 660. The minimum absolute atomic E-state index is 0.346. The van der Waals surface area contributed by atoms with Crippen molar-refractivity contribution in [3.8, 4) is 0 Å². The summed E-state index contributed by atoms with van der Waals surface area (Å²) >= 11 is 0. The van der Waals surface area contributed by atoms with Gasteiger partial charge in [0.05, 0.1) is 12.6 Å². The van der Waals surface area contributed by atoms with Crippen LogP contribution in [0, 0.1) is 11.7 Å². The van der Waals surface area contributed by atoms with Gasteiger partial charge in [0.25, 0.3) is 0 Å². The number of carbonyl (C=O) groups is 1. The Morgan fingerprint density at radius 1 is 1.38 bits per heavy atom. The predicted molar refractivity (Wildman–Crippen MR) is 77.6 cm³/mol. The Morgan fingerprint density at radius 2 is 2.14 bits per heavy atom. The lowest BCUT2D eigenvalue weighted by molar-refractivity contribution is 0.0586. The highest BCUT2D eigenvalue weighted by Gasteiger charge is 2.22. The number of nitrogens with zero attached hydrogens (tertiary/aromatic N) is 2. The fraction of sp³-hybridized carbons (Fsp3) is 0.500. The lowest BCUT2D eigenvalue weighted by Crippen LogP contribution is -2.19. The molecule has 1 aromatic carbocycles. The van der Waals surface area contributed by atoms with Crippen LogP contribution in [-0.2, 0) is 11.3 Å². The van der Waals surface area contributed by atoms with E-state index in [-0.39, 0.29) is 5.82 Å². The largest absolute Gasteiger partial charge is 0.464 e. The van der Waals surface area contributed by atoms with Crippen LogP contribution in [0.25, 0.3) is 10.9 Å². The van der Waals surface area contributed by atoms with E-state index in [2.05, 4.69) is 5.10 Å². The summed E-state index contributed by atoms with van der Waals surface area (Å²) in [6.07, 6.45) is 6.06. The molecular formula is C16H19FN2O2. The number of carbonyl (C=O) groups excluding carboxylic acids is 1. The second-order valence-corrected chi connectivity index (χ2v) is 5.69. The van der Waals surface area contributed by atoms with E-state index >= 15 is 0 Å². The quantitative estimate of drug-likeness (QED) is 0.812. The maximum absolute atomic E-state index is 13.4. The molecule has 2 aromatic rings. The minimum Gasteiger partial charge on any atom is -0.464 e. The molecule has 0 spiro atoms. The molecule has 0 N–H and O–H groups in total. The Hall–Kier alpha value is -1.91. The van der Waals surface area contributed by atoms with Gasteiger partial charge >= 0.3 is 5.97 Å². The molecule has 5 heteroatoms. The number of hydrogen-bond donors (Lipinski definition) is 0. The fourth-order valence-corrected chi connectivity index (χ4v) is 3.17. The summed E-state index contributed by atoms with van der Waals surface area (Å²) in [5.41, 5.74) is 0.935. The summed E-state index contributed by atoms with van der Waals surface area (Å²) in [7, 11) is 1.36. The second-order valence-electron chi connectivity index (χ2n) is 5.69. The molecule has 1 aromatic heterocycles. The van der Waals surface area contributed by atoms with Gasteiger partial charge in [-0.15, -0.1) is 0 Å². The molecule has 1 aliphatic carbocycles. The summed E-state index contributed by atoms with van der Waals surface area (Å²) in [6.45, 7) is 0.695. The number of fused-ring (bicyclic) bond motifs is 1. The fourth-order valence-electron chi connectivity index (χ4n) is 3.17. The van der Waals surface area contributed by atoms with E-state index in [1.165, 1.54) is 38.5 Å². The topological polar surface area (TPSA) is 44.1 Å². The molecule has 1 fully saturated rings. The van der Waals surface area contributed by atoms with E-state index in [0.717, 1.165) is 12.8 Å². The van der Waals surface area contributed by atoms with Crippen LogP contribution in [0.4, 0.5) is 4.39 Å². The second kappa shape index (κ2) is 5.84. The standard InChI is InChI=1S/C16H19FN2O2/c1-21-16(20)15-13-8-7-12(17)9-14(13)18-19(15)10-11-5-3-2-4-6-11/h7-9,11H,2-6,10H2,1H3. The van der Waals surface area contributed by atoms with Gasteiger partial charge < -0.3 is 4.74 Å². The first-order valence-electron chi connectivity index (χ1n) is 7.43. The third-order valence-electron chi connectivity index (χ3n) is 4.24. The van der Waals surface area contributed by atoms with Crippen LogP contribution in [0.15, 0.2) is 18.2 Å². The Kier molecular flexibility index (Phi) is 3.90. The average Bonchev–Trinajstić information content (AvgIpc) is 2.84. The molecular weight excluding hydrogens is 271 g/mol. The summed E-state index contributed by atoms with van der Waals surface area (Å²) in [4.78, 5) is 12.1. The SMILES string of the molecule is COC(=O)c1c2ccc(F)cc2nn1CC1CCCCC1. The van der Waals surface area contributed by atoms with Crippen LogP contribution in [0.2, 0.25) is 0 Å². The number of aromatic nitrogens is 2. The van der Waals surface area contributed by atoms with Crippen molar-refractivity contribution in [2.24, 2.45) is 5.92 Å². The average molecular weight is 290 g/mol. The molecule has 0 unspecified atom stereocenters. The van der Waals surface area contributed by atoms with Crippen molar-refractivity contribution in [2.75, 3.05) is 7.11 Å². The maximum Gasteiger partial charge on any atom is 0.356 e. The van der Waals surface area contributed by atoms with Gasteiger partial charge in [0.1, 0.15) is 5.82 Å². The van der Waals surface area contributed by atoms with E-state index in [9.17, 15) is 9.18 Å². The molecule has 1 saturated carbocycles. The molecule has 112 valence electrons. The lowest BCUT2D eigenvalue weighted by Gasteiger charge is -2.21. The van der Waals surface area contributed by atoms with Crippen LogP contribution < -0.4 is 0 Å². The van der Waals surface area contributed by atoms with Gasteiger partial charge in [-0.05, 0) is 30.9 Å². The van der Waals surface area contributed by atoms with E-state index in [4.69, 9.17) is 4.74 Å². The van der Waals surface area contributed by atoms with Crippen LogP contribution in [0.3, 0.4) is 0 Å². The van der Waals surface area contributed by atoms with Gasteiger partial charge in [-0.3, -0.25) is 4.68 Å². The number of halogens is 1. The number of benzene rings is 1. The Labute approximate surface area is 122 Å². The van der Waals surface area contributed by atoms with E-state index < -0.39 is 5.97 Å². The highest BCUT2D eigenvalue weighted by molar-refractivity contribution is 6.02. The van der Waals surface area contributed by atoms with Crippen LogP contribution in [0.1, 0.15) is 42.6 Å². The number of hydrogen-bond acceptors (Lipinski definition) is 3. The number of esters is 1. The molecule has 21 heavy (non-hydrogen) atoms. The summed E-state index contributed by atoms with van der Waals surface area (Å²) in [6, 6.07) is 4.31. The zero-order valence-electron chi connectivity index (χ0n) is 12.1. The molecule has 0 radical (unpaired) electrons. The summed E-state index contributed by atoms with van der Waals surface area (Å²) < 4.78 is 19.9. The van der Waals surface area contributed by atoms with E-state index in [1.54, 1.807) is 10.7 Å². The predicted octanol–water partition coefficient (Wildman–Crippen LogP) is 3.54. The zero-order valence-corrected chi connectivity index (χ0v) is 12.1. The highest BCUT2D eigenvalue weighted by Crippen LogP contribution is 2.27. The molecule has 1 aliphatic rings. The molecule has 3 rings (SSSR count). The van der Waals surface area contributed by atoms with Gasteiger partial charge in [-0.1, -0.05) is 19.3 Å². The summed E-state index contributed by atoms with van der Waals surface area (Å²) in [5.74, 6) is -0.234. The first kappa shape index (κ1) is 14.0. The maximum atomic E-state index is 13.4. The molecule has 4 nitrogen and oxygen atoms in total. The van der Waals surface area contributed by atoms with Gasteiger partial charge in [0.2, 0.25) is 0 Å².